The van der Waals surface area contributed by atoms with E-state index >= 15 is 0 Å². The van der Waals surface area contributed by atoms with Gasteiger partial charge in [0.05, 0.1) is 23.4 Å². The first-order valence-corrected chi connectivity index (χ1v) is 7.82. The molecule has 0 aliphatic rings. The third-order valence-electron chi connectivity index (χ3n) is 3.84. The molecule has 0 unspecified atom stereocenters. The molecule has 0 aliphatic heterocycles. The number of nitrogens with zero attached hydrogens (tertiary/aromatic N) is 1. The first-order chi connectivity index (χ1) is 11.0. The molecule has 0 aliphatic carbocycles. The fourth-order valence-electron chi connectivity index (χ4n) is 2.40. The Balaban J connectivity index is 2.34. The second-order valence-corrected chi connectivity index (χ2v) is 5.73. The Morgan fingerprint density at radius 3 is 2.61 bits per heavy atom. The number of ether oxygens (including phenoxy) is 1. The molecule has 0 fully saturated rings. The van der Waals surface area contributed by atoms with Crippen LogP contribution in [0.2, 0.25) is 5.02 Å². The van der Waals surface area contributed by atoms with Gasteiger partial charge in [0.15, 0.2) is 0 Å². The zero-order chi connectivity index (χ0) is 17.0. The van der Waals surface area contributed by atoms with Crippen molar-refractivity contribution in [2.75, 3.05) is 19.4 Å². The Kier molecular flexibility index (Phi) is 5.50. The minimum absolute atomic E-state index is 0.130. The molecule has 23 heavy (non-hydrogen) atoms. The van der Waals surface area contributed by atoms with E-state index in [9.17, 15) is 4.79 Å². The van der Waals surface area contributed by atoms with Gasteiger partial charge in [-0.1, -0.05) is 35.9 Å². The Bertz CT molecular complexity index is 716. The summed E-state index contributed by atoms with van der Waals surface area (Å²) < 4.78 is 5.28. The second-order valence-electron chi connectivity index (χ2n) is 5.32. The van der Waals surface area contributed by atoms with Crippen LogP contribution in [0.25, 0.3) is 0 Å². The molecule has 2 aromatic rings. The van der Waals surface area contributed by atoms with E-state index in [1.165, 1.54) is 7.11 Å². The maximum atomic E-state index is 12.9. The van der Waals surface area contributed by atoms with E-state index in [1.54, 1.807) is 17.0 Å². The molecule has 2 N–H and O–H groups in total. The van der Waals surface area contributed by atoms with Gasteiger partial charge in [0.2, 0.25) is 0 Å². The van der Waals surface area contributed by atoms with Crippen molar-refractivity contribution >= 4 is 23.2 Å². The Morgan fingerprint density at radius 1 is 1.30 bits per heavy atom. The van der Waals surface area contributed by atoms with Crippen LogP contribution in [0.3, 0.4) is 0 Å². The lowest BCUT2D eigenvalue weighted by atomic mass is 10.1. The van der Waals surface area contributed by atoms with E-state index in [-0.39, 0.29) is 5.91 Å². The van der Waals surface area contributed by atoms with Crippen molar-refractivity contribution < 1.29 is 9.53 Å². The summed E-state index contributed by atoms with van der Waals surface area (Å²) in [6.07, 6.45) is 0. The van der Waals surface area contributed by atoms with Crippen LogP contribution in [0.5, 0.6) is 5.75 Å². The van der Waals surface area contributed by atoms with Crippen molar-refractivity contribution in [1.29, 1.82) is 0 Å². The summed E-state index contributed by atoms with van der Waals surface area (Å²) in [5, 5.41) is 0.348. The average molecular weight is 333 g/mol. The highest BCUT2D eigenvalue weighted by Gasteiger charge is 2.20. The predicted octanol–water partition coefficient (Wildman–Crippen LogP) is 3.90. The third-order valence-corrected chi connectivity index (χ3v) is 4.17. The lowest BCUT2D eigenvalue weighted by Crippen LogP contribution is -2.31. The van der Waals surface area contributed by atoms with Crippen molar-refractivity contribution in [2.45, 2.75) is 20.4 Å². The maximum Gasteiger partial charge on any atom is 0.257 e. The number of carbonyl (C=O) groups is 1. The van der Waals surface area contributed by atoms with Gasteiger partial charge in [0.1, 0.15) is 5.75 Å². The molecular weight excluding hydrogens is 312 g/mol. The number of carbonyl (C=O) groups excluding carboxylic acids is 1. The number of aryl methyl sites for hydroxylation is 1. The number of amides is 1. The molecule has 5 heteroatoms. The molecular formula is C18H21ClN2O2. The molecule has 0 radical (unpaired) electrons. The third kappa shape index (κ3) is 3.77. The summed E-state index contributed by atoms with van der Waals surface area (Å²) in [7, 11) is 1.51. The van der Waals surface area contributed by atoms with Crippen molar-refractivity contribution in [3.05, 3.63) is 58.1 Å². The Labute approximate surface area is 141 Å². The van der Waals surface area contributed by atoms with Gasteiger partial charge in [-0.3, -0.25) is 4.79 Å². The highest BCUT2D eigenvalue weighted by molar-refractivity contribution is 6.33. The van der Waals surface area contributed by atoms with Gasteiger partial charge >= 0.3 is 0 Å². The van der Waals surface area contributed by atoms with Gasteiger partial charge in [0, 0.05) is 19.2 Å². The summed E-state index contributed by atoms with van der Waals surface area (Å²) in [5.74, 6) is 0.301. The van der Waals surface area contributed by atoms with Crippen LogP contribution in [0, 0.1) is 6.92 Å². The predicted molar refractivity (Wildman–Crippen MR) is 94.0 cm³/mol. The smallest absolute Gasteiger partial charge is 0.257 e. The van der Waals surface area contributed by atoms with Crippen LogP contribution in [0.4, 0.5) is 5.69 Å². The molecule has 2 rings (SSSR count). The normalized spacial score (nSPS) is 10.4. The highest BCUT2D eigenvalue weighted by atomic mass is 35.5. The minimum atomic E-state index is -0.130. The monoisotopic (exact) mass is 332 g/mol. The van der Waals surface area contributed by atoms with Gasteiger partial charge in [-0.25, -0.2) is 0 Å². The molecule has 0 saturated heterocycles. The van der Waals surface area contributed by atoms with Gasteiger partial charge < -0.3 is 15.4 Å². The van der Waals surface area contributed by atoms with Crippen LogP contribution in [0.1, 0.15) is 28.4 Å². The molecule has 122 valence electrons. The number of rotatable bonds is 5. The van der Waals surface area contributed by atoms with E-state index in [4.69, 9.17) is 22.1 Å². The van der Waals surface area contributed by atoms with Crippen molar-refractivity contribution in [1.82, 2.24) is 4.90 Å². The van der Waals surface area contributed by atoms with Gasteiger partial charge in [0.25, 0.3) is 5.91 Å². The molecule has 0 atom stereocenters. The molecule has 1 amide bonds. The van der Waals surface area contributed by atoms with Crippen LogP contribution in [-0.2, 0) is 6.54 Å². The lowest BCUT2D eigenvalue weighted by Gasteiger charge is -2.23. The highest BCUT2D eigenvalue weighted by Crippen LogP contribution is 2.30. The van der Waals surface area contributed by atoms with Crippen molar-refractivity contribution in [3.63, 3.8) is 0 Å². The zero-order valence-electron chi connectivity index (χ0n) is 13.6. The zero-order valence-corrected chi connectivity index (χ0v) is 14.4. The number of methoxy groups -OCH3 is 1. The molecule has 0 aromatic heterocycles. The van der Waals surface area contributed by atoms with Crippen LogP contribution in [0.15, 0.2) is 36.4 Å². The quantitative estimate of drug-likeness (QED) is 0.845. The summed E-state index contributed by atoms with van der Waals surface area (Å²) in [5.41, 5.74) is 8.86. The standard InChI is InChI=1S/C18H21ClN2O2/c1-4-21(11-13-8-6-5-7-12(13)2)18(22)14-9-15(19)16(20)10-17(14)23-3/h5-10H,4,11,20H2,1-3H3. The Morgan fingerprint density at radius 2 is 2.00 bits per heavy atom. The van der Waals surface area contributed by atoms with Crippen LogP contribution in [-0.4, -0.2) is 24.5 Å². The lowest BCUT2D eigenvalue weighted by molar-refractivity contribution is 0.0749. The molecule has 2 aromatic carbocycles. The number of halogens is 1. The molecule has 0 saturated carbocycles. The SMILES string of the molecule is CCN(Cc1ccccc1C)C(=O)c1cc(Cl)c(N)cc1OC. The van der Waals surface area contributed by atoms with E-state index in [1.807, 2.05) is 38.1 Å². The largest absolute Gasteiger partial charge is 0.496 e. The Hall–Kier alpha value is -2.20. The number of hydrogen-bond acceptors (Lipinski definition) is 3. The number of hydrogen-bond donors (Lipinski definition) is 1. The molecule has 4 nitrogen and oxygen atoms in total. The first-order valence-electron chi connectivity index (χ1n) is 7.44. The van der Waals surface area contributed by atoms with Crippen LogP contribution >= 0.6 is 11.6 Å². The molecule has 0 heterocycles. The van der Waals surface area contributed by atoms with E-state index in [0.717, 1.165) is 11.1 Å². The van der Waals surface area contributed by atoms with Gasteiger partial charge in [-0.2, -0.15) is 0 Å². The minimum Gasteiger partial charge on any atom is -0.496 e. The van der Waals surface area contributed by atoms with E-state index < -0.39 is 0 Å². The number of anilines is 1. The molecule has 0 bridgehead atoms. The average Bonchev–Trinajstić information content (AvgIpc) is 2.55. The summed E-state index contributed by atoms with van der Waals surface area (Å²) in [4.78, 5) is 14.6. The van der Waals surface area contributed by atoms with Gasteiger partial charge in [-0.05, 0) is 31.0 Å². The van der Waals surface area contributed by atoms with Crippen molar-refractivity contribution in [3.8, 4) is 5.75 Å². The number of nitrogen functional groups attached to an aromatic ring is 1. The molecule has 0 spiro atoms. The van der Waals surface area contributed by atoms with E-state index in [2.05, 4.69) is 0 Å². The van der Waals surface area contributed by atoms with Gasteiger partial charge in [-0.15, -0.1) is 0 Å². The van der Waals surface area contributed by atoms with Crippen molar-refractivity contribution in [2.24, 2.45) is 0 Å². The maximum absolute atomic E-state index is 12.9. The van der Waals surface area contributed by atoms with E-state index in [0.29, 0.717) is 35.1 Å². The first kappa shape index (κ1) is 17.2. The summed E-state index contributed by atoms with van der Waals surface area (Å²) in [6, 6.07) is 11.2. The topological polar surface area (TPSA) is 55.6 Å². The summed E-state index contributed by atoms with van der Waals surface area (Å²) >= 11 is 6.07. The number of nitrogens with two attached hydrogens (primary N) is 1. The summed E-state index contributed by atoms with van der Waals surface area (Å²) in [6.45, 7) is 5.10. The fraction of sp³-hybridized carbons (Fsp3) is 0.278. The second kappa shape index (κ2) is 7.38. The van der Waals surface area contributed by atoms with Crippen LogP contribution < -0.4 is 10.5 Å². The fourth-order valence-corrected chi connectivity index (χ4v) is 2.56. The number of benzene rings is 2.